The van der Waals surface area contributed by atoms with Crippen LogP contribution in [0.3, 0.4) is 0 Å². The smallest absolute Gasteiger partial charge is 0.123 e. The summed E-state index contributed by atoms with van der Waals surface area (Å²) in [5.41, 5.74) is 3.99. The fourth-order valence-corrected chi connectivity index (χ4v) is 10.1. The van der Waals surface area contributed by atoms with Crippen LogP contribution in [0.1, 0.15) is 188 Å². The van der Waals surface area contributed by atoms with Crippen molar-refractivity contribution in [2.24, 2.45) is 37.9 Å². The molecule has 1 aromatic rings. The highest BCUT2D eigenvalue weighted by Gasteiger charge is 2.36. The summed E-state index contributed by atoms with van der Waals surface area (Å²) in [6.07, 6.45) is 0. The van der Waals surface area contributed by atoms with Gasteiger partial charge in [0.1, 0.15) is 12.4 Å². The Morgan fingerprint density at radius 1 is 0.328 bits per heavy atom. The Morgan fingerprint density at radius 2 is 0.531 bits per heavy atom. The molecule has 0 aromatic heterocycles. The number of quaternary nitrogens is 4. The van der Waals surface area contributed by atoms with Gasteiger partial charge in [-0.15, -0.1) is 0 Å². The lowest BCUT2D eigenvalue weighted by molar-refractivity contribution is -0.926. The van der Waals surface area contributed by atoms with E-state index in [9.17, 15) is 4.39 Å². The van der Waals surface area contributed by atoms with Crippen molar-refractivity contribution in [3.05, 3.63) is 35.6 Å². The highest BCUT2D eigenvalue weighted by Crippen LogP contribution is 2.30. The second-order valence-electron chi connectivity index (χ2n) is 28.6. The number of rotatable bonds is 9. The molecule has 1 rings (SSSR count). The molecule has 0 heterocycles. The van der Waals surface area contributed by atoms with Crippen LogP contribution >= 0.6 is 0 Å². The number of nitrogens with zero attached hydrogens (tertiary/aromatic N) is 4. The molecular weight excluding hydrogens is 812 g/mol. The standard InChI is InChI=1S/C16H36N.C14H23FN.C12H28N.C8H20N.5CH4.4FH/c1-14(2,3)11-17(10,12-15(4,5)6)13-16(7,8)9;1-14(2,3)11-16(4,5)10-12-6-8-13(15)9-7-12;1-11(2,3)9-13(7,8)10-12(4,5)6;1-8(2,3)7-9(4,5)6;;;;;;;;;/h11-13H2,1-10H3;6-9H,10-11H2,1-5H3;9-10H2,1-8H3;7H2,1-6H3;5*1H4;4*1H/q4*+1;;;;;;;;;/p-4. The maximum Gasteiger partial charge on any atom is 0.123 e. The largest absolute Gasteiger partial charge is 1.00 e. The minimum atomic E-state index is -0.162. The fourth-order valence-electron chi connectivity index (χ4n) is 10.1. The lowest BCUT2D eigenvalue weighted by atomic mass is 9.87. The van der Waals surface area contributed by atoms with Crippen molar-refractivity contribution in [1.82, 2.24) is 0 Å². The Morgan fingerprint density at radius 3 is 0.703 bits per heavy atom. The molecule has 0 amide bonds. The molecule has 0 bridgehead atoms. The summed E-state index contributed by atoms with van der Waals surface area (Å²) in [6, 6.07) is 6.81. The molecule has 0 fully saturated rings. The number of halogens is 5. The van der Waals surface area contributed by atoms with Crippen LogP contribution in [0.4, 0.5) is 4.39 Å². The topological polar surface area (TPSA) is 0 Å². The summed E-state index contributed by atoms with van der Waals surface area (Å²) in [7, 11) is 18.2. The van der Waals surface area contributed by atoms with Crippen LogP contribution in [0, 0.1) is 43.7 Å². The summed E-state index contributed by atoms with van der Waals surface area (Å²) in [5.74, 6) is -0.162. The minimum absolute atomic E-state index is 0. The Kier molecular flexibility index (Phi) is 48.2. The van der Waals surface area contributed by atoms with Crippen LogP contribution in [0.2, 0.25) is 0 Å². The van der Waals surface area contributed by atoms with Gasteiger partial charge in [-0.25, -0.2) is 4.39 Å². The predicted molar refractivity (Wildman–Crippen MR) is 282 cm³/mol. The van der Waals surface area contributed by atoms with Crippen molar-refractivity contribution < 1.29 is 41.1 Å². The van der Waals surface area contributed by atoms with Crippen molar-refractivity contribution in [2.75, 3.05) is 102 Å². The van der Waals surface area contributed by atoms with E-state index in [0.717, 1.165) is 26.5 Å². The predicted octanol–water partition coefficient (Wildman–Crippen LogP) is 4.11. The molecule has 0 N–H and O–H groups in total. The molecule has 0 saturated heterocycles. The van der Waals surface area contributed by atoms with Crippen molar-refractivity contribution in [2.45, 2.75) is 189 Å². The van der Waals surface area contributed by atoms with E-state index in [-0.39, 0.29) is 61.8 Å². The molecule has 64 heavy (non-hydrogen) atoms. The number of benzene rings is 1. The molecule has 0 aliphatic rings. The molecule has 0 aliphatic heterocycles. The summed E-state index contributed by atoms with van der Waals surface area (Å²) < 4.78 is 17.1. The number of hydrogen-bond donors (Lipinski definition) is 0. The van der Waals surface area contributed by atoms with Crippen LogP contribution in [-0.4, -0.2) is 120 Å². The zero-order valence-electron chi connectivity index (χ0n) is 45.1. The molecular formula is C55H127F5N4. The summed E-state index contributed by atoms with van der Waals surface area (Å²) in [5, 5.41) is 0. The van der Waals surface area contributed by atoms with Crippen molar-refractivity contribution in [3.8, 4) is 0 Å². The second-order valence-corrected chi connectivity index (χ2v) is 28.6. The van der Waals surface area contributed by atoms with Gasteiger partial charge in [0.05, 0.1) is 102 Å². The Hall–Kier alpha value is -1.29. The Labute approximate surface area is 404 Å². The zero-order chi connectivity index (χ0) is 45.1. The average Bonchev–Trinajstić information content (AvgIpc) is 2.69. The molecule has 0 atom stereocenters. The van der Waals surface area contributed by atoms with Crippen molar-refractivity contribution >= 4 is 0 Å². The van der Waals surface area contributed by atoms with E-state index in [1.54, 1.807) is 0 Å². The quantitative estimate of drug-likeness (QED) is 0.259. The average molecular weight is 940 g/mol. The van der Waals surface area contributed by atoms with E-state index in [1.807, 2.05) is 12.1 Å². The van der Waals surface area contributed by atoms with Crippen molar-refractivity contribution in [1.29, 1.82) is 0 Å². The van der Waals surface area contributed by atoms with Crippen LogP contribution in [0.5, 0.6) is 0 Å². The van der Waals surface area contributed by atoms with Crippen molar-refractivity contribution in [3.63, 3.8) is 0 Å². The molecule has 0 saturated carbocycles. The van der Waals surface area contributed by atoms with Crippen LogP contribution in [0.15, 0.2) is 24.3 Å². The van der Waals surface area contributed by atoms with Gasteiger partial charge in [-0.2, -0.15) is 0 Å². The van der Waals surface area contributed by atoms with Gasteiger partial charge in [0, 0.05) is 43.5 Å². The SMILES string of the molecule is C.C.C.C.C.CC(C)(C)C[N+](C)(C)C.CC(C)(C)C[N+](C)(C)CC(C)(C)C.CC(C)(C)C[N+](C)(C)Cc1ccc(F)cc1.CC(C)(C)C[N+](C)(CC(C)(C)C)CC(C)(C)C.[F-].[F-].[F-].[F-]. The maximum atomic E-state index is 12.8. The van der Waals surface area contributed by atoms with Gasteiger partial charge in [0.15, 0.2) is 0 Å². The molecule has 0 radical (unpaired) electrons. The van der Waals surface area contributed by atoms with Gasteiger partial charge < -0.3 is 36.7 Å². The molecule has 9 heteroatoms. The molecule has 4 nitrogen and oxygen atoms in total. The molecule has 0 unspecified atom stereocenters. The first kappa shape index (κ1) is 92.9. The first-order chi connectivity index (χ1) is 23.4. The molecule has 0 spiro atoms. The van der Waals surface area contributed by atoms with E-state index in [1.165, 1.54) is 61.4 Å². The minimum Gasteiger partial charge on any atom is -1.00 e. The van der Waals surface area contributed by atoms with E-state index >= 15 is 0 Å². The lowest BCUT2D eigenvalue weighted by Crippen LogP contribution is -3.00. The highest BCUT2D eigenvalue weighted by atomic mass is 19.1. The van der Waals surface area contributed by atoms with E-state index in [0.29, 0.717) is 37.9 Å². The van der Waals surface area contributed by atoms with E-state index < -0.39 is 0 Å². The normalized spacial score (nSPS) is 12.2. The maximum absolute atomic E-state index is 12.8. The van der Waals surface area contributed by atoms with Gasteiger partial charge in [-0.3, -0.25) is 0 Å². The summed E-state index contributed by atoms with van der Waals surface area (Å²) >= 11 is 0. The zero-order valence-corrected chi connectivity index (χ0v) is 45.1. The fraction of sp³-hybridized carbons (Fsp3) is 0.891. The Balaban J connectivity index is -0.0000000548. The monoisotopic (exact) mass is 939 g/mol. The van der Waals surface area contributed by atoms with E-state index in [4.69, 9.17) is 0 Å². The first-order valence-corrected chi connectivity index (χ1v) is 21.4. The van der Waals surface area contributed by atoms with Gasteiger partial charge in [0.2, 0.25) is 0 Å². The molecule has 402 valence electrons. The van der Waals surface area contributed by atoms with E-state index in [2.05, 4.69) is 202 Å². The summed E-state index contributed by atoms with van der Waals surface area (Å²) in [6.45, 7) is 58.2. The lowest BCUT2D eigenvalue weighted by Gasteiger charge is -2.46. The third-order valence-electron chi connectivity index (χ3n) is 7.75. The molecule has 0 aliphatic carbocycles. The highest BCUT2D eigenvalue weighted by molar-refractivity contribution is 5.14. The van der Waals surface area contributed by atoms with Gasteiger partial charge in [-0.05, 0) is 12.1 Å². The van der Waals surface area contributed by atoms with Gasteiger partial charge in [0.25, 0.3) is 0 Å². The summed E-state index contributed by atoms with van der Waals surface area (Å²) in [4.78, 5) is 0. The third kappa shape index (κ3) is 69.7. The first-order valence-electron chi connectivity index (χ1n) is 21.4. The Bertz CT molecular complexity index is 1120. The van der Waals surface area contributed by atoms with Gasteiger partial charge >= 0.3 is 0 Å². The van der Waals surface area contributed by atoms with Crippen LogP contribution in [0.25, 0.3) is 0 Å². The second kappa shape index (κ2) is 33.2. The third-order valence-corrected chi connectivity index (χ3v) is 7.75. The van der Waals surface area contributed by atoms with Crippen LogP contribution in [-0.2, 0) is 6.54 Å². The van der Waals surface area contributed by atoms with Crippen LogP contribution < -0.4 is 18.8 Å². The number of hydrogen-bond acceptors (Lipinski definition) is 0. The van der Waals surface area contributed by atoms with Gasteiger partial charge in [-0.1, -0.05) is 195 Å². The molecule has 1 aromatic carbocycles.